The molecule has 0 saturated heterocycles. The van der Waals surface area contributed by atoms with Crippen molar-refractivity contribution in [2.75, 3.05) is 11.9 Å². The lowest BCUT2D eigenvalue weighted by atomic mass is 10.1. The first-order valence-electron chi connectivity index (χ1n) is 7.09. The molecule has 0 bridgehead atoms. The van der Waals surface area contributed by atoms with Crippen molar-refractivity contribution in [2.45, 2.75) is 6.92 Å². The lowest BCUT2D eigenvalue weighted by molar-refractivity contribution is 0.102. The number of nitrogens with zero attached hydrogens (tertiary/aromatic N) is 1. The number of nitrogens with one attached hydrogen (secondary N) is 1. The van der Waals surface area contributed by atoms with Crippen LogP contribution in [0.3, 0.4) is 0 Å². The van der Waals surface area contributed by atoms with Crippen LogP contribution in [0.5, 0.6) is 5.75 Å². The summed E-state index contributed by atoms with van der Waals surface area (Å²) in [4.78, 5) is 28.1. The van der Waals surface area contributed by atoms with Gasteiger partial charge in [-0.15, -0.1) is 0 Å². The van der Waals surface area contributed by atoms with Crippen molar-refractivity contribution in [2.24, 2.45) is 0 Å². The van der Waals surface area contributed by atoms with Gasteiger partial charge >= 0.3 is 5.63 Å². The molecule has 0 atom stereocenters. The van der Waals surface area contributed by atoms with Crippen LogP contribution < -0.4 is 15.7 Å². The fourth-order valence-corrected chi connectivity index (χ4v) is 2.22. The van der Waals surface area contributed by atoms with E-state index in [-0.39, 0.29) is 5.56 Å². The highest BCUT2D eigenvalue weighted by Crippen LogP contribution is 2.23. The summed E-state index contributed by atoms with van der Waals surface area (Å²) in [7, 11) is 0. The predicted molar refractivity (Wildman–Crippen MR) is 85.8 cm³/mol. The fraction of sp³-hybridized carbons (Fsp3) is 0.118. The molecule has 0 fully saturated rings. The molecule has 3 rings (SSSR count). The van der Waals surface area contributed by atoms with Gasteiger partial charge in [-0.3, -0.25) is 9.78 Å². The lowest BCUT2D eigenvalue weighted by Crippen LogP contribution is -2.15. The summed E-state index contributed by atoms with van der Waals surface area (Å²) in [6.45, 7) is 2.36. The number of amides is 1. The highest BCUT2D eigenvalue weighted by molar-refractivity contribution is 6.12. The van der Waals surface area contributed by atoms with E-state index in [9.17, 15) is 9.59 Å². The van der Waals surface area contributed by atoms with E-state index in [1.165, 1.54) is 6.07 Å². The van der Waals surface area contributed by atoms with Crippen molar-refractivity contribution in [3.05, 3.63) is 64.8 Å². The summed E-state index contributed by atoms with van der Waals surface area (Å²) in [6.07, 6.45) is 3.14. The van der Waals surface area contributed by atoms with E-state index in [1.807, 2.05) is 6.92 Å². The topological polar surface area (TPSA) is 81.4 Å². The monoisotopic (exact) mass is 310 g/mol. The number of aromatic nitrogens is 1. The van der Waals surface area contributed by atoms with E-state index in [0.717, 1.165) is 0 Å². The Hall–Kier alpha value is -3.15. The number of pyridine rings is 1. The van der Waals surface area contributed by atoms with Crippen molar-refractivity contribution in [3.63, 3.8) is 0 Å². The fourth-order valence-electron chi connectivity index (χ4n) is 2.22. The van der Waals surface area contributed by atoms with Crippen LogP contribution in [-0.2, 0) is 0 Å². The zero-order chi connectivity index (χ0) is 16.2. The number of ether oxygens (including phenoxy) is 1. The molecule has 1 N–H and O–H groups in total. The first-order valence-corrected chi connectivity index (χ1v) is 7.09. The van der Waals surface area contributed by atoms with E-state index >= 15 is 0 Å². The number of hydrogen-bond donors (Lipinski definition) is 1. The van der Waals surface area contributed by atoms with Crippen molar-refractivity contribution in [3.8, 4) is 5.75 Å². The number of hydrogen-bond acceptors (Lipinski definition) is 5. The average Bonchev–Trinajstić information content (AvgIpc) is 2.55. The van der Waals surface area contributed by atoms with Gasteiger partial charge in [-0.1, -0.05) is 0 Å². The highest BCUT2D eigenvalue weighted by Gasteiger charge is 2.14. The molecule has 23 heavy (non-hydrogen) atoms. The lowest BCUT2D eigenvalue weighted by Gasteiger charge is -2.08. The van der Waals surface area contributed by atoms with Crippen LogP contribution in [0.4, 0.5) is 5.69 Å². The first-order chi connectivity index (χ1) is 11.2. The van der Waals surface area contributed by atoms with Gasteiger partial charge in [0.15, 0.2) is 0 Å². The molecule has 6 nitrogen and oxygen atoms in total. The molecule has 116 valence electrons. The van der Waals surface area contributed by atoms with Crippen LogP contribution in [0, 0.1) is 0 Å². The van der Waals surface area contributed by atoms with Gasteiger partial charge in [0.05, 0.1) is 12.2 Å². The Morgan fingerprint density at radius 3 is 2.74 bits per heavy atom. The summed E-state index contributed by atoms with van der Waals surface area (Å²) in [5.41, 5.74) is 0.558. The largest absolute Gasteiger partial charge is 0.494 e. The number of anilines is 1. The second-order valence-corrected chi connectivity index (χ2v) is 4.76. The summed E-state index contributed by atoms with van der Waals surface area (Å²) in [5, 5.41) is 3.27. The Labute approximate surface area is 131 Å². The van der Waals surface area contributed by atoms with Gasteiger partial charge in [-0.05, 0) is 31.2 Å². The molecule has 2 heterocycles. The molecule has 3 aromatic rings. The standard InChI is InChI=1S/C17H14N2O4/c1-2-22-12-3-4-13-14(10-16(20)23-15(13)9-12)17(21)19-11-5-7-18-8-6-11/h3-10H,2H2,1H3,(H,18,19,21). The molecule has 6 heteroatoms. The van der Waals surface area contributed by atoms with Gasteiger partial charge < -0.3 is 14.5 Å². The molecule has 0 aliphatic heterocycles. The van der Waals surface area contributed by atoms with E-state index in [0.29, 0.717) is 29.0 Å². The summed E-state index contributed by atoms with van der Waals surface area (Å²) in [5.74, 6) is 0.188. The minimum Gasteiger partial charge on any atom is -0.494 e. The van der Waals surface area contributed by atoms with Gasteiger partial charge in [0.2, 0.25) is 0 Å². The van der Waals surface area contributed by atoms with E-state index in [1.54, 1.807) is 42.7 Å². The van der Waals surface area contributed by atoms with Crippen LogP contribution in [0.25, 0.3) is 11.0 Å². The average molecular weight is 310 g/mol. The van der Waals surface area contributed by atoms with Crippen molar-refractivity contribution in [1.82, 2.24) is 4.98 Å². The molecule has 0 saturated carbocycles. The summed E-state index contributed by atoms with van der Waals surface area (Å²) < 4.78 is 10.5. The zero-order valence-corrected chi connectivity index (χ0v) is 12.4. The predicted octanol–water partition coefficient (Wildman–Crippen LogP) is 2.84. The van der Waals surface area contributed by atoms with Crippen molar-refractivity contribution in [1.29, 1.82) is 0 Å². The second kappa shape index (κ2) is 6.31. The van der Waals surface area contributed by atoms with Crippen molar-refractivity contribution >= 4 is 22.6 Å². The number of carbonyl (C=O) groups is 1. The van der Waals surface area contributed by atoms with Crippen LogP contribution in [0.1, 0.15) is 17.3 Å². The molecule has 1 amide bonds. The first kappa shape index (κ1) is 14.8. The molecule has 0 unspecified atom stereocenters. The Kier molecular flexibility index (Phi) is 4.05. The Morgan fingerprint density at radius 1 is 1.22 bits per heavy atom. The van der Waals surface area contributed by atoms with Gasteiger partial charge in [0.25, 0.3) is 5.91 Å². The minimum absolute atomic E-state index is 0.246. The third-order valence-electron chi connectivity index (χ3n) is 3.21. The third-order valence-corrected chi connectivity index (χ3v) is 3.21. The van der Waals surface area contributed by atoms with E-state index in [4.69, 9.17) is 9.15 Å². The van der Waals surface area contributed by atoms with Crippen LogP contribution in [-0.4, -0.2) is 17.5 Å². The molecule has 1 aromatic carbocycles. The SMILES string of the molecule is CCOc1ccc2c(C(=O)Nc3ccncc3)cc(=O)oc2c1. The van der Waals surface area contributed by atoms with Crippen LogP contribution in [0.2, 0.25) is 0 Å². The molecule has 0 radical (unpaired) electrons. The normalized spacial score (nSPS) is 10.5. The van der Waals surface area contributed by atoms with E-state index < -0.39 is 11.5 Å². The van der Waals surface area contributed by atoms with E-state index in [2.05, 4.69) is 10.3 Å². The van der Waals surface area contributed by atoms with Crippen molar-refractivity contribution < 1.29 is 13.9 Å². The Bertz CT molecular complexity index is 903. The Morgan fingerprint density at radius 2 is 2.00 bits per heavy atom. The summed E-state index contributed by atoms with van der Waals surface area (Å²) >= 11 is 0. The maximum Gasteiger partial charge on any atom is 0.337 e. The molecule has 0 spiro atoms. The molecule has 2 aromatic heterocycles. The maximum atomic E-state index is 12.4. The smallest absolute Gasteiger partial charge is 0.337 e. The van der Waals surface area contributed by atoms with Gasteiger partial charge in [-0.25, -0.2) is 4.79 Å². The minimum atomic E-state index is -0.592. The quantitative estimate of drug-likeness (QED) is 0.749. The van der Waals surface area contributed by atoms with Gasteiger partial charge in [0.1, 0.15) is 11.3 Å². The number of carbonyl (C=O) groups excluding carboxylic acids is 1. The highest BCUT2D eigenvalue weighted by atomic mass is 16.5. The van der Waals surface area contributed by atoms with Crippen LogP contribution in [0.15, 0.2) is 58.0 Å². The second-order valence-electron chi connectivity index (χ2n) is 4.76. The molecular weight excluding hydrogens is 296 g/mol. The molecule has 0 aliphatic rings. The van der Waals surface area contributed by atoms with Gasteiger partial charge in [0, 0.05) is 35.6 Å². The maximum absolute atomic E-state index is 12.4. The molecular formula is C17H14N2O4. The van der Waals surface area contributed by atoms with Gasteiger partial charge in [-0.2, -0.15) is 0 Å². The summed E-state index contributed by atoms with van der Waals surface area (Å²) in [6, 6.07) is 9.54. The third kappa shape index (κ3) is 3.21. The number of benzene rings is 1. The Balaban J connectivity index is 2.02. The number of fused-ring (bicyclic) bond motifs is 1. The number of rotatable bonds is 4. The molecule has 0 aliphatic carbocycles. The zero-order valence-electron chi connectivity index (χ0n) is 12.4. The van der Waals surface area contributed by atoms with Crippen LogP contribution >= 0.6 is 0 Å².